The lowest BCUT2D eigenvalue weighted by Gasteiger charge is -2.26. The standard InChI is InChI=1S/C28H23N3O5/c1-3-35-25-15-19(10-13-24(25)36-17-21-7-5-4-6-20(21)16-29)14-23-26(32)30-28(34)31(27(23)33)22-11-8-18(2)9-12-22/h4-15H,3,17H2,1-2H3,(H,30,32,34). The van der Waals surface area contributed by atoms with Crippen molar-refractivity contribution >= 4 is 29.6 Å². The highest BCUT2D eigenvalue weighted by atomic mass is 16.5. The Labute approximate surface area is 208 Å². The maximum absolute atomic E-state index is 13.1. The summed E-state index contributed by atoms with van der Waals surface area (Å²) < 4.78 is 11.6. The summed E-state index contributed by atoms with van der Waals surface area (Å²) in [5.41, 5.74) is 2.91. The Morgan fingerprint density at radius 1 is 0.972 bits per heavy atom. The first kappa shape index (κ1) is 24.2. The van der Waals surface area contributed by atoms with Crippen LogP contribution in [0, 0.1) is 18.3 Å². The minimum atomic E-state index is -0.803. The number of nitrogens with one attached hydrogen (secondary N) is 1. The highest BCUT2D eigenvalue weighted by molar-refractivity contribution is 6.39. The van der Waals surface area contributed by atoms with Crippen molar-refractivity contribution in [3.05, 3.63) is 94.6 Å². The van der Waals surface area contributed by atoms with Crippen LogP contribution in [-0.4, -0.2) is 24.5 Å². The first-order valence-corrected chi connectivity index (χ1v) is 11.3. The summed E-state index contributed by atoms with van der Waals surface area (Å²) in [5, 5.41) is 11.5. The molecule has 8 heteroatoms. The molecule has 0 atom stereocenters. The van der Waals surface area contributed by atoms with E-state index in [1.807, 2.05) is 26.0 Å². The number of amides is 4. The molecule has 1 fully saturated rings. The molecule has 3 aromatic rings. The van der Waals surface area contributed by atoms with E-state index in [0.717, 1.165) is 16.0 Å². The van der Waals surface area contributed by atoms with E-state index in [1.54, 1.807) is 54.6 Å². The first-order chi connectivity index (χ1) is 17.4. The van der Waals surface area contributed by atoms with Crippen LogP contribution >= 0.6 is 0 Å². The third-order valence-corrected chi connectivity index (χ3v) is 5.49. The highest BCUT2D eigenvalue weighted by Gasteiger charge is 2.36. The number of carbonyl (C=O) groups is 3. The fourth-order valence-electron chi connectivity index (χ4n) is 3.67. The van der Waals surface area contributed by atoms with Crippen molar-refractivity contribution in [2.75, 3.05) is 11.5 Å². The maximum Gasteiger partial charge on any atom is 0.335 e. The smallest absolute Gasteiger partial charge is 0.335 e. The first-order valence-electron chi connectivity index (χ1n) is 11.3. The number of benzene rings is 3. The number of aryl methyl sites for hydroxylation is 1. The van der Waals surface area contributed by atoms with Crippen molar-refractivity contribution in [1.29, 1.82) is 5.26 Å². The van der Waals surface area contributed by atoms with Crippen LogP contribution in [0.15, 0.2) is 72.3 Å². The number of carbonyl (C=O) groups excluding carboxylic acids is 3. The Hall–Kier alpha value is -4.90. The monoisotopic (exact) mass is 481 g/mol. The van der Waals surface area contributed by atoms with Crippen LogP contribution in [0.4, 0.5) is 10.5 Å². The molecule has 0 bridgehead atoms. The van der Waals surface area contributed by atoms with Gasteiger partial charge in [0.15, 0.2) is 11.5 Å². The number of imide groups is 2. The van der Waals surface area contributed by atoms with E-state index < -0.39 is 17.8 Å². The van der Waals surface area contributed by atoms with E-state index in [2.05, 4.69) is 11.4 Å². The Balaban J connectivity index is 1.62. The number of nitriles is 1. The van der Waals surface area contributed by atoms with Crippen LogP contribution in [0.25, 0.3) is 6.08 Å². The molecule has 4 rings (SSSR count). The van der Waals surface area contributed by atoms with Crippen LogP contribution in [0.2, 0.25) is 0 Å². The van der Waals surface area contributed by atoms with Crippen LogP contribution in [-0.2, 0) is 16.2 Å². The molecular formula is C28H23N3O5. The molecule has 0 radical (unpaired) electrons. The second-order valence-electron chi connectivity index (χ2n) is 7.99. The predicted molar refractivity (Wildman–Crippen MR) is 133 cm³/mol. The number of urea groups is 1. The topological polar surface area (TPSA) is 109 Å². The Bertz CT molecular complexity index is 1400. The van der Waals surface area contributed by atoms with Crippen molar-refractivity contribution in [2.45, 2.75) is 20.5 Å². The molecule has 3 aromatic carbocycles. The number of hydrogen-bond acceptors (Lipinski definition) is 6. The van der Waals surface area contributed by atoms with Crippen LogP contribution in [0.1, 0.15) is 29.2 Å². The average Bonchev–Trinajstić information content (AvgIpc) is 2.87. The molecule has 0 spiro atoms. The second kappa shape index (κ2) is 10.6. The fraction of sp³-hybridized carbons (Fsp3) is 0.143. The number of barbiturate groups is 1. The predicted octanol–water partition coefficient (Wildman–Crippen LogP) is 4.51. The molecule has 36 heavy (non-hydrogen) atoms. The lowest BCUT2D eigenvalue weighted by Crippen LogP contribution is -2.54. The zero-order chi connectivity index (χ0) is 25.7. The van der Waals surface area contributed by atoms with Gasteiger partial charge in [-0.3, -0.25) is 14.9 Å². The molecule has 1 aliphatic heterocycles. The maximum atomic E-state index is 13.1. The molecule has 1 heterocycles. The summed E-state index contributed by atoms with van der Waals surface area (Å²) in [6.07, 6.45) is 1.41. The van der Waals surface area contributed by atoms with E-state index >= 15 is 0 Å². The molecule has 1 aliphatic rings. The number of nitrogens with zero attached hydrogens (tertiary/aromatic N) is 2. The summed E-state index contributed by atoms with van der Waals surface area (Å²) in [4.78, 5) is 39.0. The van der Waals surface area contributed by atoms with Crippen molar-refractivity contribution < 1.29 is 23.9 Å². The number of hydrogen-bond donors (Lipinski definition) is 1. The SMILES string of the molecule is CCOc1cc(C=C2C(=O)NC(=O)N(c3ccc(C)cc3)C2=O)ccc1OCc1ccccc1C#N. The summed E-state index contributed by atoms with van der Waals surface area (Å²) >= 11 is 0. The van der Waals surface area contributed by atoms with Crippen LogP contribution in [0.5, 0.6) is 11.5 Å². The van der Waals surface area contributed by atoms with Gasteiger partial charge in [0.2, 0.25) is 0 Å². The summed E-state index contributed by atoms with van der Waals surface area (Å²) in [5.74, 6) is -0.641. The van der Waals surface area contributed by atoms with E-state index in [-0.39, 0.29) is 12.2 Å². The molecular weight excluding hydrogens is 458 g/mol. The molecule has 8 nitrogen and oxygen atoms in total. The van der Waals surface area contributed by atoms with Crippen LogP contribution < -0.4 is 19.7 Å². The summed E-state index contributed by atoms with van der Waals surface area (Å²) in [6, 6.07) is 20.3. The van der Waals surface area contributed by atoms with Gasteiger partial charge in [0.1, 0.15) is 12.2 Å². The van der Waals surface area contributed by atoms with E-state index in [1.165, 1.54) is 6.08 Å². The van der Waals surface area contributed by atoms with Gasteiger partial charge in [-0.1, -0.05) is 42.0 Å². The third kappa shape index (κ3) is 5.10. The van der Waals surface area contributed by atoms with E-state index in [4.69, 9.17) is 9.47 Å². The molecule has 4 amide bonds. The minimum absolute atomic E-state index is 0.165. The van der Waals surface area contributed by atoms with Crippen LogP contribution in [0.3, 0.4) is 0 Å². The van der Waals surface area contributed by atoms with Gasteiger partial charge in [-0.2, -0.15) is 5.26 Å². The lowest BCUT2D eigenvalue weighted by atomic mass is 10.1. The van der Waals surface area contributed by atoms with Crippen molar-refractivity contribution in [1.82, 2.24) is 5.32 Å². The quantitative estimate of drug-likeness (QED) is 0.393. The van der Waals surface area contributed by atoms with E-state index in [0.29, 0.717) is 34.9 Å². The summed E-state index contributed by atoms with van der Waals surface area (Å²) in [7, 11) is 0. The van der Waals surface area contributed by atoms with E-state index in [9.17, 15) is 19.6 Å². The normalized spacial score (nSPS) is 14.4. The highest BCUT2D eigenvalue weighted by Crippen LogP contribution is 2.31. The van der Waals surface area contributed by atoms with Gasteiger partial charge in [0.05, 0.1) is 23.9 Å². The average molecular weight is 482 g/mol. The Morgan fingerprint density at radius 3 is 2.44 bits per heavy atom. The molecule has 0 aromatic heterocycles. The lowest BCUT2D eigenvalue weighted by molar-refractivity contribution is -0.122. The van der Waals surface area contributed by atoms with Gasteiger partial charge in [0, 0.05) is 5.56 Å². The molecule has 1 N–H and O–H groups in total. The van der Waals surface area contributed by atoms with Crippen molar-refractivity contribution in [3.63, 3.8) is 0 Å². The van der Waals surface area contributed by atoms with Crippen molar-refractivity contribution in [3.8, 4) is 17.6 Å². The van der Waals surface area contributed by atoms with Gasteiger partial charge < -0.3 is 9.47 Å². The third-order valence-electron chi connectivity index (χ3n) is 5.49. The number of ether oxygens (including phenoxy) is 2. The largest absolute Gasteiger partial charge is 0.490 e. The number of anilines is 1. The fourth-order valence-corrected chi connectivity index (χ4v) is 3.67. The molecule has 0 saturated carbocycles. The molecule has 180 valence electrons. The van der Waals surface area contributed by atoms with Gasteiger partial charge in [0.25, 0.3) is 11.8 Å². The zero-order valence-corrected chi connectivity index (χ0v) is 19.8. The Morgan fingerprint density at radius 2 is 1.72 bits per heavy atom. The molecule has 0 aliphatic carbocycles. The van der Waals surface area contributed by atoms with Gasteiger partial charge >= 0.3 is 6.03 Å². The number of rotatable bonds is 7. The zero-order valence-electron chi connectivity index (χ0n) is 19.8. The van der Waals surface area contributed by atoms with Gasteiger partial charge in [-0.05, 0) is 55.8 Å². The van der Waals surface area contributed by atoms with Gasteiger partial charge in [-0.15, -0.1) is 0 Å². The Kier molecular flexibility index (Phi) is 7.12. The summed E-state index contributed by atoms with van der Waals surface area (Å²) in [6.45, 7) is 4.24. The van der Waals surface area contributed by atoms with Gasteiger partial charge in [-0.25, -0.2) is 9.69 Å². The minimum Gasteiger partial charge on any atom is -0.490 e. The molecule has 1 saturated heterocycles. The second-order valence-corrected chi connectivity index (χ2v) is 7.99. The van der Waals surface area contributed by atoms with Crippen molar-refractivity contribution in [2.24, 2.45) is 0 Å². The molecule has 0 unspecified atom stereocenters.